The van der Waals surface area contributed by atoms with Gasteiger partial charge in [-0.3, -0.25) is 14.4 Å². The lowest BCUT2D eigenvalue weighted by Gasteiger charge is -2.35. The summed E-state index contributed by atoms with van der Waals surface area (Å²) in [4.78, 5) is 45.9. The van der Waals surface area contributed by atoms with Crippen molar-refractivity contribution in [1.82, 2.24) is 14.7 Å². The van der Waals surface area contributed by atoms with Crippen molar-refractivity contribution in [2.24, 2.45) is 11.8 Å². The number of aliphatic hydroxyl groups is 1. The molecule has 0 bridgehead atoms. The predicted molar refractivity (Wildman–Crippen MR) is 118 cm³/mol. The maximum absolute atomic E-state index is 13.7. The third-order valence-corrected chi connectivity index (χ3v) is 7.19. The average molecular weight is 446 g/mol. The zero-order valence-electron chi connectivity index (χ0n) is 19.1. The van der Waals surface area contributed by atoms with E-state index >= 15 is 0 Å². The molecule has 2 fully saturated rings. The van der Waals surface area contributed by atoms with Gasteiger partial charge in [0.15, 0.2) is 0 Å². The Kier molecular flexibility index (Phi) is 6.72. The normalized spacial score (nSPS) is 34.0. The summed E-state index contributed by atoms with van der Waals surface area (Å²) in [5.41, 5.74) is -1.19. The quantitative estimate of drug-likeness (QED) is 0.444. The fourth-order valence-corrected chi connectivity index (χ4v) is 5.81. The van der Waals surface area contributed by atoms with Crippen LogP contribution in [0.3, 0.4) is 0 Å². The monoisotopic (exact) mass is 445 g/mol. The molecular formula is C24H35N3O5. The standard InChI is InChI=1S/C24H35N3O5/c1-3-5-6-12-26-14-8-10-24-19(22(30)27(15-16-28)20(24)23(26)31)18-17(32-24)9-7-13-25(11-4-2)21(18)29/h7-10,17-20,28H,3-6,11-16H2,1-2H3/t17-,18+,19+,20?,24+/m1/s1. The van der Waals surface area contributed by atoms with E-state index in [2.05, 4.69) is 6.92 Å². The SMILES string of the molecule is CCCCCN1CC=C[C@]23O[C@@H]4C=CCN(CCC)C(=O)[C@@H]4[C@H]2C(=O)N(CCO)C3C1=O. The van der Waals surface area contributed by atoms with E-state index in [4.69, 9.17) is 4.74 Å². The van der Waals surface area contributed by atoms with Gasteiger partial charge in [-0.15, -0.1) is 0 Å². The third-order valence-electron chi connectivity index (χ3n) is 7.19. The molecule has 1 N–H and O–H groups in total. The molecule has 2 saturated heterocycles. The molecule has 0 saturated carbocycles. The van der Waals surface area contributed by atoms with Crippen molar-refractivity contribution in [2.45, 2.75) is 57.3 Å². The number of hydrogen-bond acceptors (Lipinski definition) is 5. The fourth-order valence-electron chi connectivity index (χ4n) is 5.81. The summed E-state index contributed by atoms with van der Waals surface area (Å²) in [6, 6.07) is -0.861. The van der Waals surface area contributed by atoms with Crippen molar-refractivity contribution in [2.75, 3.05) is 39.3 Å². The van der Waals surface area contributed by atoms with Crippen molar-refractivity contribution < 1.29 is 24.2 Å². The van der Waals surface area contributed by atoms with Gasteiger partial charge in [0.1, 0.15) is 11.6 Å². The highest BCUT2D eigenvalue weighted by molar-refractivity contribution is 5.99. The topological polar surface area (TPSA) is 90.4 Å². The molecule has 3 amide bonds. The van der Waals surface area contributed by atoms with Crippen LogP contribution < -0.4 is 0 Å². The van der Waals surface area contributed by atoms with Crippen LogP contribution in [0.15, 0.2) is 24.3 Å². The molecule has 4 aliphatic heterocycles. The minimum atomic E-state index is -1.19. The number of carbonyl (C=O) groups is 3. The van der Waals surface area contributed by atoms with Crippen LogP contribution in [0.5, 0.6) is 0 Å². The second-order valence-corrected chi connectivity index (χ2v) is 9.20. The van der Waals surface area contributed by atoms with Gasteiger partial charge in [0.05, 0.1) is 24.5 Å². The predicted octanol–water partition coefficient (Wildman–Crippen LogP) is 0.957. The van der Waals surface area contributed by atoms with E-state index in [1.54, 1.807) is 9.80 Å². The van der Waals surface area contributed by atoms with Crippen LogP contribution in [0.1, 0.15) is 39.5 Å². The molecule has 0 aliphatic carbocycles. The molecule has 1 spiro atoms. The lowest BCUT2D eigenvalue weighted by Crippen LogP contribution is -2.55. The summed E-state index contributed by atoms with van der Waals surface area (Å²) in [6.07, 6.45) is 10.8. The van der Waals surface area contributed by atoms with Crippen molar-refractivity contribution in [3.05, 3.63) is 24.3 Å². The molecule has 0 radical (unpaired) electrons. The van der Waals surface area contributed by atoms with E-state index in [0.29, 0.717) is 26.2 Å². The molecule has 4 rings (SSSR count). The first-order chi connectivity index (χ1) is 15.5. The molecule has 4 aliphatic rings. The first-order valence-electron chi connectivity index (χ1n) is 12.0. The van der Waals surface area contributed by atoms with Crippen LogP contribution in [-0.4, -0.2) is 94.6 Å². The summed E-state index contributed by atoms with van der Waals surface area (Å²) >= 11 is 0. The summed E-state index contributed by atoms with van der Waals surface area (Å²) in [6.45, 7) is 6.13. The molecule has 4 heterocycles. The molecule has 0 aromatic rings. The Morgan fingerprint density at radius 3 is 2.44 bits per heavy atom. The number of nitrogens with zero attached hydrogens (tertiary/aromatic N) is 3. The summed E-state index contributed by atoms with van der Waals surface area (Å²) in [7, 11) is 0. The first-order valence-corrected chi connectivity index (χ1v) is 12.0. The molecule has 0 aromatic heterocycles. The van der Waals surface area contributed by atoms with Gasteiger partial charge in [-0.1, -0.05) is 51.0 Å². The fraction of sp³-hybridized carbons (Fsp3) is 0.708. The Morgan fingerprint density at radius 1 is 0.969 bits per heavy atom. The van der Waals surface area contributed by atoms with Crippen LogP contribution in [0.25, 0.3) is 0 Å². The van der Waals surface area contributed by atoms with Crippen LogP contribution in [0.2, 0.25) is 0 Å². The maximum Gasteiger partial charge on any atom is 0.249 e. The Bertz CT molecular complexity index is 811. The molecule has 32 heavy (non-hydrogen) atoms. The molecule has 176 valence electrons. The largest absolute Gasteiger partial charge is 0.395 e. The molecule has 8 nitrogen and oxygen atoms in total. The van der Waals surface area contributed by atoms with Gasteiger partial charge >= 0.3 is 0 Å². The number of β-amino-alcohol motifs (C(OH)–C–C–N with tert-alkyl or cyclic N) is 1. The Morgan fingerprint density at radius 2 is 1.72 bits per heavy atom. The van der Waals surface area contributed by atoms with Gasteiger partial charge in [-0.05, 0) is 12.8 Å². The van der Waals surface area contributed by atoms with Crippen LogP contribution in [0, 0.1) is 11.8 Å². The summed E-state index contributed by atoms with van der Waals surface area (Å²) in [5.74, 6) is -1.96. The van der Waals surface area contributed by atoms with Gasteiger partial charge in [0.25, 0.3) is 0 Å². The molecule has 1 unspecified atom stereocenters. The number of hydrogen-bond donors (Lipinski definition) is 1. The highest BCUT2D eigenvalue weighted by Crippen LogP contribution is 2.53. The van der Waals surface area contributed by atoms with Gasteiger partial charge in [0, 0.05) is 32.7 Å². The van der Waals surface area contributed by atoms with Crippen molar-refractivity contribution >= 4 is 17.7 Å². The summed E-state index contributed by atoms with van der Waals surface area (Å²) in [5, 5.41) is 9.67. The number of carbonyl (C=O) groups excluding carboxylic acids is 3. The van der Waals surface area contributed by atoms with E-state index < -0.39 is 29.6 Å². The van der Waals surface area contributed by atoms with Crippen LogP contribution in [-0.2, 0) is 19.1 Å². The molecule has 0 aromatic carbocycles. The Labute approximate surface area is 189 Å². The number of fused-ring (bicyclic) bond motifs is 2. The van der Waals surface area contributed by atoms with Gasteiger partial charge in [-0.25, -0.2) is 0 Å². The zero-order chi connectivity index (χ0) is 22.9. The average Bonchev–Trinajstić information content (AvgIpc) is 3.09. The second-order valence-electron chi connectivity index (χ2n) is 9.20. The summed E-state index contributed by atoms with van der Waals surface area (Å²) < 4.78 is 6.52. The molecule has 8 heteroatoms. The third kappa shape index (κ3) is 3.57. The minimum absolute atomic E-state index is 0.0492. The van der Waals surface area contributed by atoms with Crippen molar-refractivity contribution in [1.29, 1.82) is 0 Å². The number of ether oxygens (including phenoxy) is 1. The molecular weight excluding hydrogens is 410 g/mol. The van der Waals surface area contributed by atoms with Crippen LogP contribution >= 0.6 is 0 Å². The number of rotatable bonds is 8. The van der Waals surface area contributed by atoms with E-state index in [-0.39, 0.29) is 30.9 Å². The number of aliphatic hydroxyl groups excluding tert-OH is 1. The van der Waals surface area contributed by atoms with E-state index in [1.807, 2.05) is 31.2 Å². The zero-order valence-corrected chi connectivity index (χ0v) is 19.1. The Hall–Kier alpha value is -2.19. The molecule has 5 atom stereocenters. The number of amides is 3. The number of likely N-dealkylation sites (tertiary alicyclic amines) is 1. The van der Waals surface area contributed by atoms with Crippen molar-refractivity contribution in [3.63, 3.8) is 0 Å². The van der Waals surface area contributed by atoms with Crippen molar-refractivity contribution in [3.8, 4) is 0 Å². The van der Waals surface area contributed by atoms with E-state index in [1.165, 1.54) is 4.90 Å². The Balaban J connectivity index is 1.73. The second kappa shape index (κ2) is 9.35. The minimum Gasteiger partial charge on any atom is -0.395 e. The highest BCUT2D eigenvalue weighted by atomic mass is 16.5. The lowest BCUT2D eigenvalue weighted by molar-refractivity contribution is -0.148. The lowest BCUT2D eigenvalue weighted by atomic mass is 9.77. The van der Waals surface area contributed by atoms with Crippen LogP contribution in [0.4, 0.5) is 0 Å². The van der Waals surface area contributed by atoms with E-state index in [9.17, 15) is 19.5 Å². The van der Waals surface area contributed by atoms with Gasteiger partial charge in [-0.2, -0.15) is 0 Å². The van der Waals surface area contributed by atoms with E-state index in [0.717, 1.165) is 25.7 Å². The highest BCUT2D eigenvalue weighted by Gasteiger charge is 2.71. The smallest absolute Gasteiger partial charge is 0.249 e. The maximum atomic E-state index is 13.7. The van der Waals surface area contributed by atoms with Gasteiger partial charge in [0.2, 0.25) is 17.7 Å². The van der Waals surface area contributed by atoms with Gasteiger partial charge < -0.3 is 24.5 Å². The first kappa shape index (κ1) is 23.0. The number of unbranched alkanes of at least 4 members (excludes halogenated alkanes) is 2.